The zero-order valence-corrected chi connectivity index (χ0v) is 17.4. The third-order valence-electron chi connectivity index (χ3n) is 5.23. The summed E-state index contributed by atoms with van der Waals surface area (Å²) >= 11 is 0. The van der Waals surface area contributed by atoms with Crippen LogP contribution in [0.4, 0.5) is 14.5 Å². The van der Waals surface area contributed by atoms with Gasteiger partial charge in [0.2, 0.25) is 0 Å². The Morgan fingerprint density at radius 2 is 2.06 bits per heavy atom. The van der Waals surface area contributed by atoms with E-state index in [1.807, 2.05) is 6.07 Å². The molecule has 168 valence electrons. The Kier molecular flexibility index (Phi) is 6.40. The summed E-state index contributed by atoms with van der Waals surface area (Å²) in [6, 6.07) is 7.30. The molecule has 1 saturated heterocycles. The van der Waals surface area contributed by atoms with E-state index >= 15 is 0 Å². The number of amides is 1. The van der Waals surface area contributed by atoms with Crippen LogP contribution in [0.1, 0.15) is 64.3 Å². The second kappa shape index (κ2) is 9.39. The van der Waals surface area contributed by atoms with E-state index in [1.54, 1.807) is 17.5 Å². The first-order valence-corrected chi connectivity index (χ1v) is 10.3. The number of rotatable bonds is 6. The number of carbonyl (C=O) groups is 2. The Morgan fingerprint density at radius 1 is 1.28 bits per heavy atom. The molecule has 0 aromatic carbocycles. The number of aromatic nitrogens is 3. The molecule has 0 radical (unpaired) electrons. The average molecular weight is 444 g/mol. The van der Waals surface area contributed by atoms with Crippen molar-refractivity contribution >= 4 is 23.1 Å². The van der Waals surface area contributed by atoms with Crippen LogP contribution in [0.15, 0.2) is 36.5 Å². The van der Waals surface area contributed by atoms with Crippen LogP contribution in [0.2, 0.25) is 0 Å². The van der Waals surface area contributed by atoms with Gasteiger partial charge in [0, 0.05) is 25.3 Å². The molecule has 1 N–H and O–H groups in total. The van der Waals surface area contributed by atoms with Crippen LogP contribution in [0.5, 0.6) is 0 Å². The Bertz CT molecular complexity index is 1140. The molecule has 32 heavy (non-hydrogen) atoms. The maximum atomic E-state index is 12.9. The van der Waals surface area contributed by atoms with Crippen molar-refractivity contribution in [2.45, 2.75) is 32.1 Å². The van der Waals surface area contributed by atoms with Gasteiger partial charge in [-0.3, -0.25) is 4.79 Å². The lowest BCUT2D eigenvalue weighted by Crippen LogP contribution is -2.18. The van der Waals surface area contributed by atoms with Crippen LogP contribution < -0.4 is 5.32 Å². The highest BCUT2D eigenvalue weighted by Crippen LogP contribution is 2.29. The molecule has 0 unspecified atom stereocenters. The van der Waals surface area contributed by atoms with Crippen molar-refractivity contribution in [3.63, 3.8) is 0 Å². The summed E-state index contributed by atoms with van der Waals surface area (Å²) in [5, 5.41) is 7.20. The molecular formula is C22H22F2N4O4. The number of alkyl halides is 2. The van der Waals surface area contributed by atoms with Gasteiger partial charge >= 0.3 is 5.97 Å². The Hall–Kier alpha value is -3.40. The van der Waals surface area contributed by atoms with Crippen molar-refractivity contribution in [1.29, 1.82) is 0 Å². The Labute approximate surface area is 182 Å². The summed E-state index contributed by atoms with van der Waals surface area (Å²) < 4.78 is 38.0. The van der Waals surface area contributed by atoms with Crippen LogP contribution in [0, 0.1) is 0 Å². The fourth-order valence-corrected chi connectivity index (χ4v) is 3.61. The van der Waals surface area contributed by atoms with Crippen LogP contribution in [-0.4, -0.2) is 46.3 Å². The molecule has 0 spiro atoms. The molecule has 0 bridgehead atoms. The maximum absolute atomic E-state index is 12.9. The monoisotopic (exact) mass is 444 g/mol. The highest BCUT2D eigenvalue weighted by atomic mass is 19.3. The van der Waals surface area contributed by atoms with Gasteiger partial charge in [-0.1, -0.05) is 6.07 Å². The van der Waals surface area contributed by atoms with Crippen LogP contribution in [0.25, 0.3) is 5.52 Å². The molecule has 3 aromatic heterocycles. The van der Waals surface area contributed by atoms with Gasteiger partial charge in [-0.25, -0.2) is 23.1 Å². The first-order chi connectivity index (χ1) is 15.5. The first-order valence-electron chi connectivity index (χ1n) is 10.3. The molecule has 4 rings (SSSR count). The molecule has 1 aliphatic heterocycles. The van der Waals surface area contributed by atoms with E-state index in [0.717, 1.165) is 24.6 Å². The molecule has 1 amide bonds. The van der Waals surface area contributed by atoms with E-state index in [-0.39, 0.29) is 29.5 Å². The zero-order valence-electron chi connectivity index (χ0n) is 17.4. The SMILES string of the molecule is CCOC(=O)c1cn2nc(C3CCOCC3)cc2cc1NC(=O)c1cccc(C(F)F)n1. The maximum Gasteiger partial charge on any atom is 0.341 e. The number of hydrogen-bond donors (Lipinski definition) is 1. The van der Waals surface area contributed by atoms with Gasteiger partial charge in [0.25, 0.3) is 12.3 Å². The number of esters is 1. The molecule has 0 saturated carbocycles. The Balaban J connectivity index is 1.69. The van der Waals surface area contributed by atoms with Gasteiger partial charge in [-0.15, -0.1) is 0 Å². The highest BCUT2D eigenvalue weighted by molar-refractivity contribution is 6.07. The third-order valence-corrected chi connectivity index (χ3v) is 5.23. The van der Waals surface area contributed by atoms with Crippen molar-refractivity contribution in [2.24, 2.45) is 0 Å². The van der Waals surface area contributed by atoms with Crippen LogP contribution in [-0.2, 0) is 9.47 Å². The van der Waals surface area contributed by atoms with Gasteiger partial charge in [-0.2, -0.15) is 5.10 Å². The van der Waals surface area contributed by atoms with E-state index in [0.29, 0.717) is 18.7 Å². The number of halogens is 2. The molecule has 1 aliphatic rings. The molecule has 0 aliphatic carbocycles. The van der Waals surface area contributed by atoms with Gasteiger partial charge in [-0.05, 0) is 44.0 Å². The van der Waals surface area contributed by atoms with Gasteiger partial charge in [0.05, 0.1) is 23.5 Å². The molecule has 10 heteroatoms. The lowest BCUT2D eigenvalue weighted by atomic mass is 9.97. The molecule has 4 heterocycles. The summed E-state index contributed by atoms with van der Waals surface area (Å²) in [5.41, 5.74) is 1.13. The van der Waals surface area contributed by atoms with Crippen LogP contribution in [0.3, 0.4) is 0 Å². The molecule has 0 atom stereocenters. The number of hydrogen-bond acceptors (Lipinski definition) is 6. The van der Waals surface area contributed by atoms with E-state index in [4.69, 9.17) is 9.47 Å². The van der Waals surface area contributed by atoms with E-state index < -0.39 is 24.0 Å². The van der Waals surface area contributed by atoms with Gasteiger partial charge in [0.1, 0.15) is 17.0 Å². The van der Waals surface area contributed by atoms with Crippen molar-refractivity contribution in [3.05, 3.63) is 59.2 Å². The van der Waals surface area contributed by atoms with Crippen LogP contribution >= 0.6 is 0 Å². The summed E-state index contributed by atoms with van der Waals surface area (Å²) in [6.45, 7) is 3.15. The van der Waals surface area contributed by atoms with Gasteiger partial charge in [0.15, 0.2) is 0 Å². The zero-order chi connectivity index (χ0) is 22.7. The fraction of sp³-hybridized carbons (Fsp3) is 0.364. The third kappa shape index (κ3) is 4.59. The predicted molar refractivity (Wildman–Crippen MR) is 111 cm³/mol. The number of carbonyl (C=O) groups excluding carboxylic acids is 2. The van der Waals surface area contributed by atoms with E-state index in [2.05, 4.69) is 15.4 Å². The average Bonchev–Trinajstić information content (AvgIpc) is 3.22. The minimum absolute atomic E-state index is 0.0966. The minimum atomic E-state index is -2.80. The van der Waals surface area contributed by atoms with E-state index in [9.17, 15) is 18.4 Å². The topological polar surface area (TPSA) is 94.8 Å². The number of nitrogens with zero attached hydrogens (tertiary/aromatic N) is 3. The number of ether oxygens (including phenoxy) is 2. The fourth-order valence-electron chi connectivity index (χ4n) is 3.61. The minimum Gasteiger partial charge on any atom is -0.462 e. The lowest BCUT2D eigenvalue weighted by Gasteiger charge is -2.19. The number of pyridine rings is 2. The molecule has 3 aromatic rings. The second-order valence-electron chi connectivity index (χ2n) is 7.35. The predicted octanol–water partition coefficient (Wildman–Crippen LogP) is 3.99. The summed E-state index contributed by atoms with van der Waals surface area (Å²) in [7, 11) is 0. The normalized spacial score (nSPS) is 14.6. The smallest absolute Gasteiger partial charge is 0.341 e. The standard InChI is InChI=1S/C22H22F2N4O4/c1-2-32-22(30)15-12-28-14(10-18(27-28)13-6-8-31-9-7-13)11-19(15)26-21(29)17-5-3-4-16(25-17)20(23)24/h3-5,10-13,20H,2,6-9H2,1H3,(H,26,29). The number of anilines is 1. The van der Waals surface area contributed by atoms with E-state index in [1.165, 1.54) is 18.3 Å². The van der Waals surface area contributed by atoms with Gasteiger partial charge < -0.3 is 14.8 Å². The van der Waals surface area contributed by atoms with Crippen molar-refractivity contribution in [2.75, 3.05) is 25.1 Å². The number of fused-ring (bicyclic) bond motifs is 1. The quantitative estimate of drug-likeness (QED) is 0.578. The Morgan fingerprint density at radius 3 is 2.78 bits per heavy atom. The second-order valence-corrected chi connectivity index (χ2v) is 7.35. The summed E-state index contributed by atoms with van der Waals surface area (Å²) in [5.74, 6) is -1.11. The summed E-state index contributed by atoms with van der Waals surface area (Å²) in [4.78, 5) is 28.9. The first kappa shape index (κ1) is 21.8. The van der Waals surface area contributed by atoms with Crippen molar-refractivity contribution < 1.29 is 27.8 Å². The van der Waals surface area contributed by atoms with Crippen molar-refractivity contribution in [3.8, 4) is 0 Å². The van der Waals surface area contributed by atoms with Crippen molar-refractivity contribution in [1.82, 2.24) is 14.6 Å². The molecular weight excluding hydrogens is 422 g/mol. The highest BCUT2D eigenvalue weighted by Gasteiger charge is 2.22. The molecule has 8 nitrogen and oxygen atoms in total. The lowest BCUT2D eigenvalue weighted by molar-refractivity contribution is 0.0527. The largest absolute Gasteiger partial charge is 0.462 e. The molecule has 1 fully saturated rings. The number of nitrogens with one attached hydrogen (secondary N) is 1. The summed E-state index contributed by atoms with van der Waals surface area (Å²) in [6.07, 6.45) is 0.397.